The van der Waals surface area contributed by atoms with Crippen molar-refractivity contribution in [1.82, 2.24) is 14.5 Å². The van der Waals surface area contributed by atoms with Crippen molar-refractivity contribution in [2.24, 2.45) is 0 Å². The summed E-state index contributed by atoms with van der Waals surface area (Å²) in [5, 5.41) is 3.77. The smallest absolute Gasteiger partial charge is 0.271 e. The first-order chi connectivity index (χ1) is 13.3. The molecule has 0 saturated carbocycles. The summed E-state index contributed by atoms with van der Waals surface area (Å²) in [4.78, 5) is 35.2. The number of amides is 1. The molecule has 0 aliphatic carbocycles. The van der Waals surface area contributed by atoms with Gasteiger partial charge in [0.2, 0.25) is 5.91 Å². The highest BCUT2D eigenvalue weighted by molar-refractivity contribution is 7.25. The Morgan fingerprint density at radius 1 is 1.11 bits per heavy atom. The molecule has 0 spiro atoms. The highest BCUT2D eigenvalue weighted by Crippen LogP contribution is 2.31. The molecule has 4 aromatic rings. The van der Waals surface area contributed by atoms with Gasteiger partial charge >= 0.3 is 0 Å². The monoisotopic (exact) mass is 392 g/mol. The van der Waals surface area contributed by atoms with E-state index in [0.29, 0.717) is 10.2 Å². The molecule has 3 aromatic heterocycles. The fraction of sp³-hybridized carbons (Fsp3) is 0.238. The molecule has 0 fully saturated rings. The van der Waals surface area contributed by atoms with Gasteiger partial charge < -0.3 is 5.32 Å². The van der Waals surface area contributed by atoms with Crippen molar-refractivity contribution >= 4 is 43.4 Å². The van der Waals surface area contributed by atoms with E-state index in [2.05, 4.69) is 15.3 Å². The van der Waals surface area contributed by atoms with Crippen LogP contribution in [0, 0.1) is 27.7 Å². The number of fused-ring (bicyclic) bond motifs is 3. The van der Waals surface area contributed by atoms with Gasteiger partial charge in [0.05, 0.1) is 11.8 Å². The fourth-order valence-corrected chi connectivity index (χ4v) is 4.71. The van der Waals surface area contributed by atoms with Gasteiger partial charge in [0, 0.05) is 16.8 Å². The third-order valence-corrected chi connectivity index (χ3v) is 5.62. The van der Waals surface area contributed by atoms with E-state index in [0.717, 1.165) is 38.3 Å². The van der Waals surface area contributed by atoms with E-state index >= 15 is 0 Å². The van der Waals surface area contributed by atoms with Crippen molar-refractivity contribution < 1.29 is 4.79 Å². The maximum Gasteiger partial charge on any atom is 0.271 e. The predicted octanol–water partition coefficient (Wildman–Crippen LogP) is 3.88. The molecule has 3 heterocycles. The average molecular weight is 392 g/mol. The Hall–Kier alpha value is -3.06. The lowest BCUT2D eigenvalue weighted by Crippen LogP contribution is -2.27. The van der Waals surface area contributed by atoms with Crippen LogP contribution >= 0.6 is 11.3 Å². The van der Waals surface area contributed by atoms with Crippen LogP contribution in [0.25, 0.3) is 20.4 Å². The molecule has 0 bridgehead atoms. The topological polar surface area (TPSA) is 76.9 Å². The predicted molar refractivity (Wildman–Crippen MR) is 113 cm³/mol. The molecule has 28 heavy (non-hydrogen) atoms. The minimum Gasteiger partial charge on any atom is -0.325 e. The highest BCUT2D eigenvalue weighted by Gasteiger charge is 2.16. The zero-order chi connectivity index (χ0) is 20.0. The molecule has 0 radical (unpaired) electrons. The number of thiophene rings is 1. The SMILES string of the molecule is Cc1cc(C)cc(NC(=O)Cn2cnc3c(sc4nc(C)cc(C)c43)c2=O)c1. The lowest BCUT2D eigenvalue weighted by Gasteiger charge is -2.09. The number of pyridine rings is 1. The van der Waals surface area contributed by atoms with E-state index in [-0.39, 0.29) is 18.0 Å². The molecule has 4 rings (SSSR count). The number of aromatic nitrogens is 3. The maximum atomic E-state index is 12.9. The zero-order valence-electron chi connectivity index (χ0n) is 16.2. The van der Waals surface area contributed by atoms with Crippen LogP contribution < -0.4 is 10.9 Å². The minimum atomic E-state index is -0.264. The standard InChI is InChI=1S/C21H20N4O2S/c1-11-5-12(2)7-15(6-11)24-16(26)9-25-10-22-18-17-13(3)8-14(4)23-20(17)28-19(18)21(25)27/h5-8,10H,9H2,1-4H3,(H,24,26). The Morgan fingerprint density at radius 3 is 2.54 bits per heavy atom. The normalized spacial score (nSPS) is 11.3. The second-order valence-electron chi connectivity index (χ2n) is 7.14. The third-order valence-electron chi connectivity index (χ3n) is 4.56. The largest absolute Gasteiger partial charge is 0.325 e. The van der Waals surface area contributed by atoms with Crippen molar-refractivity contribution in [2.75, 3.05) is 5.32 Å². The first-order valence-electron chi connectivity index (χ1n) is 8.96. The lowest BCUT2D eigenvalue weighted by molar-refractivity contribution is -0.116. The fourth-order valence-electron chi connectivity index (χ4n) is 3.52. The van der Waals surface area contributed by atoms with E-state index in [1.807, 2.05) is 52.0 Å². The van der Waals surface area contributed by atoms with E-state index < -0.39 is 0 Å². The number of benzene rings is 1. The van der Waals surface area contributed by atoms with Crippen molar-refractivity contribution in [2.45, 2.75) is 34.2 Å². The molecule has 0 aliphatic rings. The Balaban J connectivity index is 1.68. The molecule has 0 aliphatic heterocycles. The van der Waals surface area contributed by atoms with Gasteiger partial charge in [-0.3, -0.25) is 14.2 Å². The van der Waals surface area contributed by atoms with Crippen molar-refractivity contribution in [3.8, 4) is 0 Å². The lowest BCUT2D eigenvalue weighted by atomic mass is 10.1. The van der Waals surface area contributed by atoms with Crippen LogP contribution in [-0.2, 0) is 11.3 Å². The quantitative estimate of drug-likeness (QED) is 0.574. The van der Waals surface area contributed by atoms with E-state index in [4.69, 9.17) is 0 Å². The van der Waals surface area contributed by atoms with Gasteiger partial charge in [-0.2, -0.15) is 0 Å². The van der Waals surface area contributed by atoms with Gasteiger partial charge in [-0.15, -0.1) is 11.3 Å². The molecule has 6 nitrogen and oxygen atoms in total. The number of hydrogen-bond acceptors (Lipinski definition) is 5. The second kappa shape index (κ2) is 6.83. The van der Waals surface area contributed by atoms with Crippen LogP contribution in [0.15, 0.2) is 35.4 Å². The number of rotatable bonds is 3. The summed E-state index contributed by atoms with van der Waals surface area (Å²) in [6, 6.07) is 7.83. The van der Waals surface area contributed by atoms with Crippen LogP contribution in [0.2, 0.25) is 0 Å². The molecule has 7 heteroatoms. The first-order valence-corrected chi connectivity index (χ1v) is 9.77. The van der Waals surface area contributed by atoms with Gasteiger partial charge in [0.25, 0.3) is 5.56 Å². The second-order valence-corrected chi connectivity index (χ2v) is 8.14. The number of aryl methyl sites for hydroxylation is 4. The van der Waals surface area contributed by atoms with Gasteiger partial charge in [-0.1, -0.05) is 6.07 Å². The van der Waals surface area contributed by atoms with Crippen molar-refractivity contribution in [1.29, 1.82) is 0 Å². The molecule has 1 amide bonds. The summed E-state index contributed by atoms with van der Waals surface area (Å²) >= 11 is 1.33. The number of anilines is 1. The first kappa shape index (κ1) is 18.3. The number of carbonyl (C=O) groups excluding carboxylic acids is 1. The van der Waals surface area contributed by atoms with Crippen LogP contribution in [0.3, 0.4) is 0 Å². The number of carbonyl (C=O) groups is 1. The van der Waals surface area contributed by atoms with E-state index in [1.54, 1.807) is 0 Å². The highest BCUT2D eigenvalue weighted by atomic mass is 32.1. The van der Waals surface area contributed by atoms with Crippen molar-refractivity contribution in [3.05, 3.63) is 63.3 Å². The Labute approximate surface area is 165 Å². The van der Waals surface area contributed by atoms with E-state index in [1.165, 1.54) is 22.2 Å². The summed E-state index contributed by atoms with van der Waals surface area (Å²) in [6.07, 6.45) is 1.44. The van der Waals surface area contributed by atoms with Gasteiger partial charge in [-0.05, 0) is 62.6 Å². The van der Waals surface area contributed by atoms with Gasteiger partial charge in [0.1, 0.15) is 16.1 Å². The Bertz CT molecular complexity index is 1280. The van der Waals surface area contributed by atoms with E-state index in [9.17, 15) is 9.59 Å². The molecule has 1 N–H and O–H groups in total. The summed E-state index contributed by atoms with van der Waals surface area (Å²) in [5.74, 6) is -0.264. The third kappa shape index (κ3) is 3.29. The molecular weight excluding hydrogens is 372 g/mol. The molecule has 1 aromatic carbocycles. The number of nitrogens with zero attached hydrogens (tertiary/aromatic N) is 3. The van der Waals surface area contributed by atoms with Crippen LogP contribution in [-0.4, -0.2) is 20.4 Å². The van der Waals surface area contributed by atoms with Crippen LogP contribution in [0.5, 0.6) is 0 Å². The summed E-state index contributed by atoms with van der Waals surface area (Å²) < 4.78 is 1.87. The summed E-state index contributed by atoms with van der Waals surface area (Å²) in [7, 11) is 0. The summed E-state index contributed by atoms with van der Waals surface area (Å²) in [5.41, 5.74) is 5.25. The Morgan fingerprint density at radius 2 is 1.82 bits per heavy atom. The Kier molecular flexibility index (Phi) is 4.47. The van der Waals surface area contributed by atoms with Crippen LogP contribution in [0.1, 0.15) is 22.4 Å². The van der Waals surface area contributed by atoms with Gasteiger partial charge in [0.15, 0.2) is 0 Å². The number of hydrogen-bond donors (Lipinski definition) is 1. The van der Waals surface area contributed by atoms with Gasteiger partial charge in [-0.25, -0.2) is 9.97 Å². The minimum absolute atomic E-state index is 0.0888. The molecule has 0 unspecified atom stereocenters. The zero-order valence-corrected chi connectivity index (χ0v) is 17.0. The molecule has 0 saturated heterocycles. The average Bonchev–Trinajstić information content (AvgIpc) is 2.95. The summed E-state index contributed by atoms with van der Waals surface area (Å²) in [6.45, 7) is 7.79. The maximum absolute atomic E-state index is 12.9. The molecule has 0 atom stereocenters. The number of nitrogens with one attached hydrogen (secondary N) is 1. The van der Waals surface area contributed by atoms with Crippen molar-refractivity contribution in [3.63, 3.8) is 0 Å². The molecule has 142 valence electrons. The van der Waals surface area contributed by atoms with Crippen LogP contribution in [0.4, 0.5) is 5.69 Å². The molecular formula is C21H20N4O2S.